The average molecular weight is 649 g/mol. The Morgan fingerprint density at radius 2 is 1.31 bits per heavy atom. The van der Waals surface area contributed by atoms with Gasteiger partial charge in [-0.05, 0) is 90.6 Å². The van der Waals surface area contributed by atoms with Gasteiger partial charge in [0.2, 0.25) is 0 Å². The van der Waals surface area contributed by atoms with Gasteiger partial charge in [-0.25, -0.2) is 14.8 Å². The predicted octanol–water partition coefficient (Wildman–Crippen LogP) is 6.00. The maximum atomic E-state index is 12.5. The highest BCUT2D eigenvalue weighted by atomic mass is 16.5. The molecule has 0 bridgehead atoms. The zero-order valence-electron chi connectivity index (χ0n) is 26.7. The van der Waals surface area contributed by atoms with Crippen LogP contribution in [-0.4, -0.2) is 37.2 Å². The molecule has 0 unspecified atom stereocenters. The summed E-state index contributed by atoms with van der Waals surface area (Å²) >= 11 is 0. The van der Waals surface area contributed by atoms with Crippen molar-refractivity contribution in [2.24, 2.45) is 0 Å². The van der Waals surface area contributed by atoms with Crippen LogP contribution in [0.5, 0.6) is 0 Å². The summed E-state index contributed by atoms with van der Waals surface area (Å²) in [5, 5.41) is 0. The van der Waals surface area contributed by atoms with E-state index >= 15 is 0 Å². The number of carbonyl (C=O) groups is 1. The quantitative estimate of drug-likeness (QED) is 0.171. The van der Waals surface area contributed by atoms with Crippen LogP contribution in [0.3, 0.4) is 0 Å². The zero-order valence-corrected chi connectivity index (χ0v) is 26.7. The van der Waals surface area contributed by atoms with Crippen molar-refractivity contribution in [1.82, 2.24) is 24.1 Å². The summed E-state index contributed by atoms with van der Waals surface area (Å²) in [6, 6.07) is 32.0. The Hall–Kier alpha value is -6.42. The number of nitrogen functional groups attached to an aromatic ring is 1. The zero-order chi connectivity index (χ0) is 33.9. The number of methoxy groups -OCH3 is 1. The Labute approximate surface area is 281 Å². The molecular formula is C39H32N6O4. The molecule has 10 heteroatoms. The number of nitrogens with two attached hydrogens (primary N) is 1. The van der Waals surface area contributed by atoms with Crippen LogP contribution in [0.15, 0.2) is 131 Å². The smallest absolute Gasteiger partial charge is 0.339 e. The third kappa shape index (κ3) is 6.57. The Bertz CT molecular complexity index is 2440. The molecule has 2 N–H and O–H groups in total. The van der Waals surface area contributed by atoms with E-state index in [2.05, 4.69) is 15.0 Å². The van der Waals surface area contributed by atoms with Crippen LogP contribution >= 0.6 is 0 Å². The minimum absolute atomic E-state index is 0.154. The van der Waals surface area contributed by atoms with E-state index in [1.165, 1.54) is 19.5 Å². The van der Waals surface area contributed by atoms with Crippen molar-refractivity contribution in [1.29, 1.82) is 0 Å². The number of hydrogen-bond donors (Lipinski definition) is 1. The van der Waals surface area contributed by atoms with Gasteiger partial charge in [0.15, 0.2) is 0 Å². The van der Waals surface area contributed by atoms with E-state index in [1.54, 1.807) is 21.3 Å². The molecule has 0 radical (unpaired) electrons. The topological polar surface area (TPSA) is 135 Å². The molecule has 3 aromatic heterocycles. The molecule has 8 rings (SSSR count). The lowest BCUT2D eigenvalue weighted by Gasteiger charge is -2.12. The number of fused-ring (bicyclic) bond motifs is 2. The number of rotatable bonds is 6. The molecule has 0 atom stereocenters. The lowest BCUT2D eigenvalue weighted by Crippen LogP contribution is -2.18. The van der Waals surface area contributed by atoms with Gasteiger partial charge in [0, 0.05) is 29.7 Å². The number of hydrogen-bond acceptors (Lipinski definition) is 8. The van der Waals surface area contributed by atoms with Gasteiger partial charge in [-0.3, -0.25) is 23.7 Å². The molecule has 242 valence electrons. The minimum atomic E-state index is -0.373. The van der Waals surface area contributed by atoms with Crippen LogP contribution in [0.1, 0.15) is 45.9 Å². The van der Waals surface area contributed by atoms with Crippen LogP contribution in [0.4, 0.5) is 5.69 Å². The molecule has 7 aromatic rings. The van der Waals surface area contributed by atoms with Gasteiger partial charge in [0.1, 0.15) is 0 Å². The molecule has 4 aromatic carbocycles. The van der Waals surface area contributed by atoms with Crippen molar-refractivity contribution in [3.8, 4) is 11.4 Å². The Kier molecular flexibility index (Phi) is 8.51. The SMILES string of the molecule is COC(=O)c1cc(C2CC2)cnc1Cc1ccc2c(c1)ncc(=O)n2-c1ccccc1.Nc1ccc2c(c1)ncc(=O)n2-c1ccccc1. The number of carbonyl (C=O) groups excluding carboxylic acids is 1. The number of para-hydroxylation sites is 2. The van der Waals surface area contributed by atoms with Crippen LogP contribution in [-0.2, 0) is 11.2 Å². The van der Waals surface area contributed by atoms with Crippen molar-refractivity contribution in [2.75, 3.05) is 12.8 Å². The highest BCUT2D eigenvalue weighted by Crippen LogP contribution is 2.40. The van der Waals surface area contributed by atoms with Crippen LogP contribution < -0.4 is 16.9 Å². The van der Waals surface area contributed by atoms with Gasteiger partial charge < -0.3 is 10.5 Å². The fraction of sp³-hybridized carbons (Fsp3) is 0.128. The Balaban J connectivity index is 0.000000178. The van der Waals surface area contributed by atoms with Gasteiger partial charge >= 0.3 is 5.97 Å². The first-order chi connectivity index (χ1) is 23.9. The third-order valence-corrected chi connectivity index (χ3v) is 8.44. The second-order valence-electron chi connectivity index (χ2n) is 11.8. The van der Waals surface area contributed by atoms with Crippen LogP contribution in [0, 0.1) is 0 Å². The highest BCUT2D eigenvalue weighted by Gasteiger charge is 2.26. The predicted molar refractivity (Wildman–Crippen MR) is 189 cm³/mol. The van der Waals surface area contributed by atoms with E-state index in [0.29, 0.717) is 40.3 Å². The summed E-state index contributed by atoms with van der Waals surface area (Å²) in [7, 11) is 1.39. The molecule has 1 aliphatic rings. The molecule has 0 amide bonds. The van der Waals surface area contributed by atoms with Crippen molar-refractivity contribution in [3.63, 3.8) is 0 Å². The van der Waals surface area contributed by atoms with E-state index in [-0.39, 0.29) is 17.1 Å². The molecule has 49 heavy (non-hydrogen) atoms. The Morgan fingerprint density at radius 3 is 1.88 bits per heavy atom. The second-order valence-corrected chi connectivity index (χ2v) is 11.8. The highest BCUT2D eigenvalue weighted by molar-refractivity contribution is 5.91. The number of aromatic nitrogens is 5. The summed E-state index contributed by atoms with van der Waals surface area (Å²) in [6.07, 6.45) is 7.27. The molecule has 1 aliphatic carbocycles. The Morgan fingerprint density at radius 1 is 0.735 bits per heavy atom. The van der Waals surface area contributed by atoms with E-state index in [9.17, 15) is 14.4 Å². The normalized spacial score (nSPS) is 12.3. The minimum Gasteiger partial charge on any atom is -0.465 e. The van der Waals surface area contributed by atoms with Gasteiger partial charge in [-0.15, -0.1) is 0 Å². The van der Waals surface area contributed by atoms with Crippen LogP contribution in [0.25, 0.3) is 33.4 Å². The lowest BCUT2D eigenvalue weighted by molar-refractivity contribution is 0.0599. The van der Waals surface area contributed by atoms with Gasteiger partial charge in [0.25, 0.3) is 11.1 Å². The summed E-state index contributed by atoms with van der Waals surface area (Å²) in [5.41, 5.74) is 13.7. The van der Waals surface area contributed by atoms with Gasteiger partial charge in [0.05, 0.1) is 52.8 Å². The number of anilines is 1. The van der Waals surface area contributed by atoms with Crippen molar-refractivity contribution in [2.45, 2.75) is 25.2 Å². The molecule has 1 saturated carbocycles. The van der Waals surface area contributed by atoms with Crippen molar-refractivity contribution in [3.05, 3.63) is 165 Å². The van der Waals surface area contributed by atoms with E-state index in [1.807, 2.05) is 97.2 Å². The summed E-state index contributed by atoms with van der Waals surface area (Å²) < 4.78 is 8.26. The summed E-state index contributed by atoms with van der Waals surface area (Å²) in [5.74, 6) is 0.131. The summed E-state index contributed by atoms with van der Waals surface area (Å²) in [4.78, 5) is 49.9. The summed E-state index contributed by atoms with van der Waals surface area (Å²) in [6.45, 7) is 0. The fourth-order valence-electron chi connectivity index (χ4n) is 5.86. The second kappa shape index (κ2) is 13.4. The van der Waals surface area contributed by atoms with E-state index < -0.39 is 0 Å². The average Bonchev–Trinajstić information content (AvgIpc) is 3.99. The van der Waals surface area contributed by atoms with Gasteiger partial charge in [-0.2, -0.15) is 0 Å². The van der Waals surface area contributed by atoms with Crippen molar-refractivity contribution < 1.29 is 9.53 Å². The molecule has 0 saturated heterocycles. The first-order valence-corrected chi connectivity index (χ1v) is 15.9. The van der Waals surface area contributed by atoms with Crippen molar-refractivity contribution >= 4 is 33.7 Å². The number of pyridine rings is 1. The number of nitrogens with zero attached hydrogens (tertiary/aromatic N) is 5. The fourth-order valence-corrected chi connectivity index (χ4v) is 5.86. The molecule has 1 fully saturated rings. The molecular weight excluding hydrogens is 616 g/mol. The van der Waals surface area contributed by atoms with E-state index in [0.717, 1.165) is 46.4 Å². The van der Waals surface area contributed by atoms with E-state index in [4.69, 9.17) is 10.5 Å². The standard InChI is InChI=1S/C25H21N3O3.C14H11N3O/c1-31-25(30)20-13-18(17-8-9-17)14-26-21(20)11-16-7-10-23-22(12-16)27-15-24(29)28(23)19-5-3-2-4-6-19;15-10-6-7-13-12(8-10)16-9-14(18)17(13)11-4-2-1-3-5-11/h2-7,10,12-15,17H,8-9,11H2,1H3;1-9H,15H2. The maximum Gasteiger partial charge on any atom is 0.339 e. The first kappa shape index (κ1) is 31.2. The van der Waals surface area contributed by atoms with Crippen LogP contribution in [0.2, 0.25) is 0 Å². The number of ether oxygens (including phenoxy) is 1. The number of esters is 1. The third-order valence-electron chi connectivity index (χ3n) is 8.44. The molecule has 0 spiro atoms. The number of benzene rings is 4. The van der Waals surface area contributed by atoms with Gasteiger partial charge in [-0.1, -0.05) is 42.5 Å². The lowest BCUT2D eigenvalue weighted by atomic mass is 10.0. The maximum absolute atomic E-state index is 12.5. The molecule has 0 aliphatic heterocycles. The molecule has 3 heterocycles. The molecule has 10 nitrogen and oxygen atoms in total. The largest absolute Gasteiger partial charge is 0.465 e. The monoisotopic (exact) mass is 648 g/mol. The first-order valence-electron chi connectivity index (χ1n) is 15.9.